The second-order valence-corrected chi connectivity index (χ2v) is 6.67. The maximum absolute atomic E-state index is 12.4. The molecule has 0 N–H and O–H groups in total. The number of hydrogen-bond acceptors (Lipinski definition) is 7. The summed E-state index contributed by atoms with van der Waals surface area (Å²) in [6.45, 7) is 4.13. The number of thioether (sulfide) groups is 1. The first kappa shape index (κ1) is 17.4. The summed E-state index contributed by atoms with van der Waals surface area (Å²) in [5, 5.41) is 0.667. The van der Waals surface area contributed by atoms with Gasteiger partial charge in [0.1, 0.15) is 0 Å². The van der Waals surface area contributed by atoms with Crippen LogP contribution in [0.4, 0.5) is 0 Å². The molecule has 0 unspecified atom stereocenters. The van der Waals surface area contributed by atoms with Gasteiger partial charge in [0.2, 0.25) is 6.10 Å². The number of hydrogen-bond donors (Lipinski definition) is 0. The van der Waals surface area contributed by atoms with Crippen LogP contribution >= 0.6 is 11.8 Å². The molecule has 1 fully saturated rings. The maximum atomic E-state index is 12.4. The van der Waals surface area contributed by atoms with Crippen molar-refractivity contribution in [3.63, 3.8) is 0 Å². The average molecular weight is 358 g/mol. The highest BCUT2D eigenvalue weighted by Gasteiger charge is 2.31. The fourth-order valence-corrected chi connectivity index (χ4v) is 3.48. The predicted molar refractivity (Wildman–Crippen MR) is 92.3 cm³/mol. The Labute approximate surface area is 150 Å². The molecular formula is C18H18N2O4S. The Kier molecular flexibility index (Phi) is 5.33. The van der Waals surface area contributed by atoms with Crippen LogP contribution in [0.3, 0.4) is 0 Å². The lowest BCUT2D eigenvalue weighted by molar-refractivity contribution is -0.145. The number of nitrogens with zero attached hydrogens (tertiary/aromatic N) is 2. The number of carbonyl (C=O) groups is 2. The second kappa shape index (κ2) is 7.65. The highest BCUT2D eigenvalue weighted by atomic mass is 32.2. The van der Waals surface area contributed by atoms with E-state index < -0.39 is 18.0 Å². The fraction of sp³-hybridized carbons (Fsp3) is 0.333. The van der Waals surface area contributed by atoms with Gasteiger partial charge in [-0.05, 0) is 31.5 Å². The van der Waals surface area contributed by atoms with Crippen molar-refractivity contribution in [1.29, 1.82) is 0 Å². The maximum Gasteiger partial charge on any atom is 0.347 e. The summed E-state index contributed by atoms with van der Waals surface area (Å²) in [4.78, 5) is 32.7. The Morgan fingerprint density at radius 3 is 2.68 bits per heavy atom. The molecule has 1 aliphatic rings. The first-order chi connectivity index (χ1) is 12.0. The zero-order chi connectivity index (χ0) is 17.8. The van der Waals surface area contributed by atoms with Gasteiger partial charge in [-0.2, -0.15) is 0 Å². The van der Waals surface area contributed by atoms with E-state index in [9.17, 15) is 9.59 Å². The van der Waals surface area contributed by atoms with Crippen LogP contribution in [0, 0.1) is 13.8 Å². The van der Waals surface area contributed by atoms with Crippen LogP contribution in [0.25, 0.3) is 0 Å². The molecule has 1 aromatic heterocycles. The van der Waals surface area contributed by atoms with E-state index >= 15 is 0 Å². The van der Waals surface area contributed by atoms with Gasteiger partial charge in [-0.3, -0.25) is 0 Å². The van der Waals surface area contributed by atoms with Gasteiger partial charge in [-0.1, -0.05) is 30.0 Å². The van der Waals surface area contributed by atoms with Crippen LogP contribution in [0.2, 0.25) is 0 Å². The van der Waals surface area contributed by atoms with E-state index in [1.165, 1.54) is 11.8 Å². The Bertz CT molecular complexity index is 789. The molecule has 1 aromatic carbocycles. The number of benzene rings is 1. The van der Waals surface area contributed by atoms with E-state index in [0.717, 1.165) is 17.0 Å². The normalized spacial score (nSPS) is 16.6. The van der Waals surface area contributed by atoms with E-state index in [-0.39, 0.29) is 0 Å². The highest BCUT2D eigenvalue weighted by Crippen LogP contribution is 2.23. The lowest BCUT2D eigenvalue weighted by Gasteiger charge is -2.11. The van der Waals surface area contributed by atoms with Crippen LogP contribution in [0.5, 0.6) is 0 Å². The minimum atomic E-state index is -0.809. The van der Waals surface area contributed by atoms with E-state index in [2.05, 4.69) is 9.97 Å². The third kappa shape index (κ3) is 4.36. The molecule has 0 amide bonds. The van der Waals surface area contributed by atoms with Gasteiger partial charge >= 0.3 is 11.9 Å². The molecule has 0 saturated carbocycles. The number of aromatic nitrogens is 2. The second-order valence-electron chi connectivity index (χ2n) is 5.73. The molecule has 0 radical (unpaired) electrons. The van der Waals surface area contributed by atoms with E-state index in [4.69, 9.17) is 9.47 Å². The zero-order valence-electron chi connectivity index (χ0n) is 14.0. The molecule has 7 heteroatoms. The monoisotopic (exact) mass is 358 g/mol. The minimum Gasteiger partial charge on any atom is -0.463 e. The van der Waals surface area contributed by atoms with E-state index in [0.29, 0.717) is 29.5 Å². The third-order valence-electron chi connectivity index (χ3n) is 3.69. The lowest BCUT2D eigenvalue weighted by Crippen LogP contribution is -2.23. The number of esters is 2. The third-order valence-corrected chi connectivity index (χ3v) is 4.59. The van der Waals surface area contributed by atoms with Crippen molar-refractivity contribution in [3.05, 3.63) is 52.8 Å². The number of ether oxygens (including phenoxy) is 2. The summed E-state index contributed by atoms with van der Waals surface area (Å²) >= 11 is 1.46. The van der Waals surface area contributed by atoms with E-state index in [1.807, 2.05) is 32.0 Å². The largest absolute Gasteiger partial charge is 0.463 e. The summed E-state index contributed by atoms with van der Waals surface area (Å²) < 4.78 is 10.1. The quantitative estimate of drug-likeness (QED) is 0.462. The smallest absolute Gasteiger partial charge is 0.347 e. The van der Waals surface area contributed by atoms with Crippen LogP contribution in [0.15, 0.2) is 35.5 Å². The standard InChI is InChI=1S/C18H18N2O4S/c1-11-9-12(2)20-18(19-11)25-10-13-5-3-4-6-14(13)16(21)24-15-7-8-23-17(15)22/h3-6,9,15H,7-8,10H2,1-2H3/t15-/m1/s1. The Morgan fingerprint density at radius 2 is 2.00 bits per heavy atom. The fourth-order valence-electron chi connectivity index (χ4n) is 2.52. The number of carbonyl (C=O) groups excluding carboxylic acids is 2. The molecule has 25 heavy (non-hydrogen) atoms. The Balaban J connectivity index is 1.72. The molecule has 2 aromatic rings. The first-order valence-corrected chi connectivity index (χ1v) is 8.92. The molecule has 1 aliphatic heterocycles. The van der Waals surface area contributed by atoms with Gasteiger partial charge < -0.3 is 9.47 Å². The molecule has 0 spiro atoms. The van der Waals surface area contributed by atoms with Gasteiger partial charge in [-0.25, -0.2) is 19.6 Å². The van der Waals surface area contributed by atoms with Gasteiger partial charge in [0.15, 0.2) is 5.16 Å². The van der Waals surface area contributed by atoms with Crippen molar-refractivity contribution in [1.82, 2.24) is 9.97 Å². The summed E-state index contributed by atoms with van der Waals surface area (Å²) in [6, 6.07) is 9.10. The molecule has 6 nitrogen and oxygen atoms in total. The molecule has 1 saturated heterocycles. The van der Waals surface area contributed by atoms with Crippen molar-refractivity contribution >= 4 is 23.7 Å². The zero-order valence-corrected chi connectivity index (χ0v) is 14.8. The molecular weight excluding hydrogens is 340 g/mol. The van der Waals surface area contributed by atoms with Crippen molar-refractivity contribution in [3.8, 4) is 0 Å². The predicted octanol–water partition coefficient (Wildman–Crippen LogP) is 2.86. The molecule has 0 bridgehead atoms. The SMILES string of the molecule is Cc1cc(C)nc(SCc2ccccc2C(=O)O[C@@H]2CCOC2=O)n1. The Morgan fingerprint density at radius 1 is 1.28 bits per heavy atom. The average Bonchev–Trinajstić information content (AvgIpc) is 2.97. The lowest BCUT2D eigenvalue weighted by atomic mass is 10.1. The van der Waals surface area contributed by atoms with Crippen LogP contribution in [-0.4, -0.2) is 34.6 Å². The van der Waals surface area contributed by atoms with Crippen LogP contribution < -0.4 is 0 Å². The molecule has 0 aliphatic carbocycles. The molecule has 130 valence electrons. The van der Waals surface area contributed by atoms with E-state index in [1.54, 1.807) is 12.1 Å². The van der Waals surface area contributed by atoms with Crippen molar-refractivity contribution in [2.24, 2.45) is 0 Å². The van der Waals surface area contributed by atoms with Gasteiger partial charge in [0, 0.05) is 23.6 Å². The number of rotatable bonds is 5. The summed E-state index contributed by atoms with van der Waals surface area (Å²) in [5.74, 6) is -0.464. The van der Waals surface area contributed by atoms with Crippen molar-refractivity contribution in [2.75, 3.05) is 6.61 Å². The number of aryl methyl sites for hydroxylation is 2. The molecule has 1 atom stereocenters. The minimum absolute atomic E-state index is 0.290. The van der Waals surface area contributed by atoms with Gasteiger partial charge in [-0.15, -0.1) is 0 Å². The van der Waals surface area contributed by atoms with Crippen molar-refractivity contribution in [2.45, 2.75) is 37.3 Å². The van der Waals surface area contributed by atoms with Gasteiger partial charge in [0.25, 0.3) is 0 Å². The Hall–Kier alpha value is -2.41. The summed E-state index contributed by atoms with van der Waals surface area (Å²) in [6.07, 6.45) is -0.409. The van der Waals surface area contributed by atoms with Crippen molar-refractivity contribution < 1.29 is 19.1 Å². The molecule has 3 rings (SSSR count). The first-order valence-electron chi connectivity index (χ1n) is 7.93. The highest BCUT2D eigenvalue weighted by molar-refractivity contribution is 7.98. The summed E-state index contributed by atoms with van der Waals surface area (Å²) in [7, 11) is 0. The van der Waals surface area contributed by atoms with Gasteiger partial charge in [0.05, 0.1) is 12.2 Å². The van der Waals surface area contributed by atoms with Crippen LogP contribution in [0.1, 0.15) is 33.7 Å². The topological polar surface area (TPSA) is 78.4 Å². The van der Waals surface area contributed by atoms with Crippen LogP contribution in [-0.2, 0) is 20.0 Å². The number of cyclic esters (lactones) is 1. The summed E-state index contributed by atoms with van der Waals surface area (Å²) in [5.41, 5.74) is 3.07. The molecule has 2 heterocycles.